The molecule has 7 nitrogen and oxygen atoms in total. The molecule has 3 atom stereocenters. The first-order chi connectivity index (χ1) is 13.2. The summed E-state index contributed by atoms with van der Waals surface area (Å²) in [5.74, 6) is -1.05. The second-order valence-electron chi connectivity index (χ2n) is 5.86. The number of esters is 2. The summed E-state index contributed by atoms with van der Waals surface area (Å²) in [6.07, 6.45) is -0.619. The molecule has 0 spiro atoms. The second-order valence-corrected chi connectivity index (χ2v) is 5.86. The van der Waals surface area contributed by atoms with Crippen molar-refractivity contribution >= 4 is 18.0 Å². The van der Waals surface area contributed by atoms with E-state index in [9.17, 15) is 14.4 Å². The lowest BCUT2D eigenvalue weighted by Gasteiger charge is -2.18. The lowest BCUT2D eigenvalue weighted by Crippen LogP contribution is -2.32. The lowest BCUT2D eigenvalue weighted by molar-refractivity contribution is -0.0407. The van der Waals surface area contributed by atoms with Crippen molar-refractivity contribution in [3.8, 4) is 0 Å². The fourth-order valence-electron chi connectivity index (χ4n) is 2.70. The first-order valence-corrected chi connectivity index (χ1v) is 8.38. The maximum atomic E-state index is 12.3. The summed E-state index contributed by atoms with van der Waals surface area (Å²) in [6.45, 7) is -0.134. The highest BCUT2D eigenvalue weighted by Crippen LogP contribution is 2.25. The Morgan fingerprint density at radius 3 is 2.19 bits per heavy atom. The number of nitrogens with zero attached hydrogens (tertiary/aromatic N) is 1. The largest absolute Gasteiger partial charge is 0.459 e. The van der Waals surface area contributed by atoms with Crippen LogP contribution in [0.4, 0.5) is 0 Å². The molecule has 27 heavy (non-hydrogen) atoms. The van der Waals surface area contributed by atoms with E-state index in [0.29, 0.717) is 11.1 Å². The van der Waals surface area contributed by atoms with Gasteiger partial charge < -0.3 is 14.2 Å². The zero-order valence-electron chi connectivity index (χ0n) is 14.3. The zero-order valence-corrected chi connectivity index (χ0v) is 14.3. The van der Waals surface area contributed by atoms with Gasteiger partial charge in [0.15, 0.2) is 6.23 Å². The van der Waals surface area contributed by atoms with Crippen LogP contribution in [0.3, 0.4) is 0 Å². The number of carbonyl (C=O) groups excluding carboxylic acids is 3. The van der Waals surface area contributed by atoms with Crippen LogP contribution in [0.25, 0.3) is 0 Å². The van der Waals surface area contributed by atoms with E-state index in [1.54, 1.807) is 60.7 Å². The number of benzene rings is 2. The smallest absolute Gasteiger partial charge is 0.338 e. The van der Waals surface area contributed by atoms with Crippen LogP contribution < -0.4 is 0 Å². The third kappa shape index (κ3) is 4.88. The Morgan fingerprint density at radius 1 is 1.00 bits per heavy atom. The number of ether oxygens (including phenoxy) is 3. The van der Waals surface area contributed by atoms with Crippen LogP contribution in [0.15, 0.2) is 65.7 Å². The number of aliphatic imine (C=N–C) groups is 1. The van der Waals surface area contributed by atoms with E-state index in [0.717, 1.165) is 0 Å². The van der Waals surface area contributed by atoms with Gasteiger partial charge >= 0.3 is 11.9 Å². The standard InChI is InChI=1S/C20H17NO6/c22-13-21-18-11-16(27-20(24)15-9-5-2-6-10-15)17(26-18)12-25-19(23)14-7-3-1-4-8-14/h1-10,16-18H,11-12H2/t16-,17-,18-/m1/s1. The molecule has 0 saturated carbocycles. The fourth-order valence-corrected chi connectivity index (χ4v) is 2.70. The average Bonchev–Trinajstić information content (AvgIpc) is 3.09. The van der Waals surface area contributed by atoms with Crippen molar-refractivity contribution in [1.82, 2.24) is 0 Å². The van der Waals surface area contributed by atoms with Crippen molar-refractivity contribution in [3.63, 3.8) is 0 Å². The van der Waals surface area contributed by atoms with Gasteiger partial charge in [0.05, 0.1) is 11.1 Å². The van der Waals surface area contributed by atoms with Crippen LogP contribution >= 0.6 is 0 Å². The number of hydrogen-bond donors (Lipinski definition) is 0. The second kappa shape index (κ2) is 8.89. The van der Waals surface area contributed by atoms with Gasteiger partial charge in [-0.25, -0.2) is 14.4 Å². The van der Waals surface area contributed by atoms with Crippen molar-refractivity contribution in [2.24, 2.45) is 4.99 Å². The molecule has 3 rings (SSSR count). The molecular weight excluding hydrogens is 350 g/mol. The summed E-state index contributed by atoms with van der Waals surface area (Å²) in [5.41, 5.74) is 0.788. The van der Waals surface area contributed by atoms with Crippen LogP contribution in [-0.4, -0.2) is 43.1 Å². The number of carbonyl (C=O) groups is 2. The molecule has 0 aromatic heterocycles. The van der Waals surface area contributed by atoms with Crippen molar-refractivity contribution in [1.29, 1.82) is 0 Å². The van der Waals surface area contributed by atoms with Gasteiger partial charge in [-0.3, -0.25) is 0 Å². The fraction of sp³-hybridized carbons (Fsp3) is 0.250. The minimum absolute atomic E-state index is 0.134. The summed E-state index contributed by atoms with van der Waals surface area (Å²) in [6, 6.07) is 17.0. The highest BCUT2D eigenvalue weighted by molar-refractivity contribution is 5.90. The summed E-state index contributed by atoms with van der Waals surface area (Å²) >= 11 is 0. The molecule has 0 amide bonds. The topological polar surface area (TPSA) is 91.3 Å². The van der Waals surface area contributed by atoms with E-state index in [-0.39, 0.29) is 13.0 Å². The summed E-state index contributed by atoms with van der Waals surface area (Å²) < 4.78 is 16.3. The average molecular weight is 367 g/mol. The third-order valence-electron chi connectivity index (χ3n) is 4.03. The van der Waals surface area contributed by atoms with Crippen molar-refractivity contribution in [2.45, 2.75) is 24.9 Å². The Labute approximate surface area is 155 Å². The normalized spacial score (nSPS) is 21.1. The molecule has 1 heterocycles. The Morgan fingerprint density at radius 2 is 1.59 bits per heavy atom. The molecule has 138 valence electrons. The number of hydrogen-bond acceptors (Lipinski definition) is 7. The van der Waals surface area contributed by atoms with E-state index in [1.807, 2.05) is 0 Å². The molecule has 1 fully saturated rings. The van der Waals surface area contributed by atoms with Gasteiger partial charge in [-0.2, -0.15) is 4.99 Å². The molecule has 0 aliphatic carbocycles. The molecule has 0 unspecified atom stereocenters. The van der Waals surface area contributed by atoms with E-state index < -0.39 is 30.4 Å². The SMILES string of the molecule is O=C=N[C@H]1C[C@@H](OC(=O)c2ccccc2)[C@@H](COC(=O)c2ccccc2)O1. The van der Waals surface area contributed by atoms with Crippen LogP contribution in [0.5, 0.6) is 0 Å². The highest BCUT2D eigenvalue weighted by atomic mass is 16.6. The predicted octanol–water partition coefficient (Wildman–Crippen LogP) is 2.52. The van der Waals surface area contributed by atoms with Gasteiger partial charge in [0.25, 0.3) is 0 Å². The van der Waals surface area contributed by atoms with E-state index in [2.05, 4.69) is 4.99 Å². The van der Waals surface area contributed by atoms with Crippen molar-refractivity contribution < 1.29 is 28.6 Å². The Bertz CT molecular complexity index is 832. The summed E-state index contributed by atoms with van der Waals surface area (Å²) in [4.78, 5) is 38.4. The monoisotopic (exact) mass is 367 g/mol. The van der Waals surface area contributed by atoms with E-state index in [1.165, 1.54) is 6.08 Å². The predicted molar refractivity (Wildman–Crippen MR) is 93.8 cm³/mol. The molecule has 2 aromatic rings. The van der Waals surface area contributed by atoms with Gasteiger partial charge in [-0.1, -0.05) is 36.4 Å². The van der Waals surface area contributed by atoms with Gasteiger partial charge in [0.1, 0.15) is 18.8 Å². The maximum absolute atomic E-state index is 12.3. The molecule has 0 bridgehead atoms. The van der Waals surface area contributed by atoms with Crippen LogP contribution in [0.1, 0.15) is 27.1 Å². The van der Waals surface area contributed by atoms with Crippen molar-refractivity contribution in [2.75, 3.05) is 6.61 Å². The molecule has 1 saturated heterocycles. The van der Waals surface area contributed by atoms with Crippen LogP contribution in [-0.2, 0) is 19.0 Å². The molecular formula is C20H17NO6. The minimum atomic E-state index is -0.795. The Hall–Kier alpha value is -3.28. The first-order valence-electron chi connectivity index (χ1n) is 8.38. The number of rotatable bonds is 6. The Kier molecular flexibility index (Phi) is 6.10. The maximum Gasteiger partial charge on any atom is 0.338 e. The molecule has 0 N–H and O–H groups in total. The minimum Gasteiger partial charge on any atom is -0.459 e. The van der Waals surface area contributed by atoms with Gasteiger partial charge in [0, 0.05) is 6.42 Å². The molecule has 7 heteroatoms. The molecule has 1 aliphatic rings. The van der Waals surface area contributed by atoms with Crippen LogP contribution in [0.2, 0.25) is 0 Å². The molecule has 1 aliphatic heterocycles. The molecule has 2 aromatic carbocycles. The highest BCUT2D eigenvalue weighted by Gasteiger charge is 2.39. The van der Waals surface area contributed by atoms with Gasteiger partial charge in [-0.05, 0) is 24.3 Å². The summed E-state index contributed by atoms with van der Waals surface area (Å²) in [5, 5.41) is 0. The van der Waals surface area contributed by atoms with Crippen molar-refractivity contribution in [3.05, 3.63) is 71.8 Å². The molecule has 0 radical (unpaired) electrons. The zero-order chi connectivity index (χ0) is 19.1. The van der Waals surface area contributed by atoms with Gasteiger partial charge in [-0.15, -0.1) is 0 Å². The number of isocyanates is 1. The summed E-state index contributed by atoms with van der Waals surface area (Å²) in [7, 11) is 0. The van der Waals surface area contributed by atoms with E-state index >= 15 is 0 Å². The lowest BCUT2D eigenvalue weighted by atomic mass is 10.1. The van der Waals surface area contributed by atoms with Gasteiger partial charge in [0.2, 0.25) is 6.08 Å². The quantitative estimate of drug-likeness (QED) is 0.443. The first kappa shape index (κ1) is 18.5. The Balaban J connectivity index is 1.64. The third-order valence-corrected chi connectivity index (χ3v) is 4.03. The van der Waals surface area contributed by atoms with Crippen LogP contribution in [0, 0.1) is 0 Å². The van der Waals surface area contributed by atoms with E-state index in [4.69, 9.17) is 14.2 Å².